The number of carbonyl (C=O) groups excluding carboxylic acids is 1. The van der Waals surface area contributed by atoms with E-state index in [0.717, 1.165) is 21.6 Å². The summed E-state index contributed by atoms with van der Waals surface area (Å²) in [5, 5.41) is 11.7. The second-order valence-corrected chi connectivity index (χ2v) is 6.86. The molecule has 2 N–H and O–H groups in total. The van der Waals surface area contributed by atoms with E-state index < -0.39 is 0 Å². The molecule has 27 heavy (non-hydrogen) atoms. The van der Waals surface area contributed by atoms with E-state index in [1.54, 1.807) is 41.9 Å². The van der Waals surface area contributed by atoms with Crippen molar-refractivity contribution in [2.24, 2.45) is 0 Å². The largest absolute Gasteiger partial charge is 0.347 e. The van der Waals surface area contributed by atoms with Crippen molar-refractivity contribution in [3.8, 4) is 21.7 Å². The van der Waals surface area contributed by atoms with Gasteiger partial charge in [-0.2, -0.15) is 5.10 Å². The van der Waals surface area contributed by atoms with Crippen molar-refractivity contribution in [2.75, 3.05) is 0 Å². The summed E-state index contributed by atoms with van der Waals surface area (Å²) in [7, 11) is 0. The lowest BCUT2D eigenvalue weighted by atomic mass is 10.1. The maximum Gasteiger partial charge on any atom is 0.269 e. The minimum absolute atomic E-state index is 0.266. The first-order chi connectivity index (χ1) is 13.2. The van der Waals surface area contributed by atoms with Gasteiger partial charge in [-0.25, -0.2) is 4.39 Å². The van der Waals surface area contributed by atoms with Gasteiger partial charge in [-0.15, -0.1) is 11.3 Å². The Morgan fingerprint density at radius 1 is 1.11 bits per heavy atom. The van der Waals surface area contributed by atoms with Gasteiger partial charge in [0.15, 0.2) is 0 Å². The first-order valence-electron chi connectivity index (χ1n) is 8.26. The van der Waals surface area contributed by atoms with Crippen molar-refractivity contribution in [3.05, 3.63) is 83.4 Å². The van der Waals surface area contributed by atoms with Gasteiger partial charge in [0.2, 0.25) is 0 Å². The molecule has 0 aliphatic rings. The Hall–Kier alpha value is -3.32. The van der Waals surface area contributed by atoms with Crippen LogP contribution in [-0.4, -0.2) is 21.1 Å². The lowest BCUT2D eigenvalue weighted by Gasteiger charge is -2.05. The first-order valence-corrected chi connectivity index (χ1v) is 9.14. The van der Waals surface area contributed by atoms with E-state index in [-0.39, 0.29) is 11.7 Å². The number of hydrogen-bond donors (Lipinski definition) is 2. The number of halogens is 1. The van der Waals surface area contributed by atoms with Gasteiger partial charge in [0.1, 0.15) is 11.5 Å². The molecule has 1 aromatic carbocycles. The highest BCUT2D eigenvalue weighted by molar-refractivity contribution is 7.13. The molecule has 0 atom stereocenters. The number of aromatic amines is 1. The fourth-order valence-electron chi connectivity index (χ4n) is 2.65. The van der Waals surface area contributed by atoms with Crippen molar-refractivity contribution < 1.29 is 9.18 Å². The highest BCUT2D eigenvalue weighted by atomic mass is 32.1. The maximum atomic E-state index is 13.0. The lowest BCUT2D eigenvalue weighted by Crippen LogP contribution is -2.23. The average molecular weight is 378 g/mol. The Labute approximate surface area is 158 Å². The third-order valence-corrected chi connectivity index (χ3v) is 4.94. The van der Waals surface area contributed by atoms with Crippen molar-refractivity contribution in [2.45, 2.75) is 6.54 Å². The van der Waals surface area contributed by atoms with Crippen molar-refractivity contribution in [1.29, 1.82) is 0 Å². The molecule has 1 amide bonds. The second-order valence-electron chi connectivity index (χ2n) is 5.92. The predicted molar refractivity (Wildman–Crippen MR) is 103 cm³/mol. The Kier molecular flexibility index (Phi) is 4.76. The van der Waals surface area contributed by atoms with Crippen LogP contribution in [0.15, 0.2) is 66.3 Å². The number of pyridine rings is 1. The average Bonchev–Trinajstić information content (AvgIpc) is 3.39. The summed E-state index contributed by atoms with van der Waals surface area (Å²) in [5.74, 6) is -0.581. The molecule has 0 saturated carbocycles. The van der Waals surface area contributed by atoms with Gasteiger partial charge in [-0.3, -0.25) is 14.9 Å². The molecule has 3 heterocycles. The van der Waals surface area contributed by atoms with Gasteiger partial charge < -0.3 is 5.32 Å². The maximum absolute atomic E-state index is 13.0. The lowest BCUT2D eigenvalue weighted by molar-refractivity contribution is 0.0946. The van der Waals surface area contributed by atoms with Crippen LogP contribution < -0.4 is 5.32 Å². The molecule has 0 fully saturated rings. The highest BCUT2D eigenvalue weighted by Gasteiger charge is 2.11. The van der Waals surface area contributed by atoms with Crippen LogP contribution in [0.2, 0.25) is 0 Å². The Balaban J connectivity index is 1.43. The molecule has 4 aromatic rings. The summed E-state index contributed by atoms with van der Waals surface area (Å²) >= 11 is 1.64. The summed E-state index contributed by atoms with van der Waals surface area (Å²) in [4.78, 5) is 17.7. The van der Waals surface area contributed by atoms with Gasteiger partial charge in [0.25, 0.3) is 5.91 Å². The Morgan fingerprint density at radius 2 is 1.96 bits per heavy atom. The second kappa shape index (κ2) is 7.51. The van der Waals surface area contributed by atoms with Crippen LogP contribution in [0.4, 0.5) is 4.39 Å². The number of hydrogen-bond acceptors (Lipinski definition) is 4. The molecule has 134 valence electrons. The number of H-pyrrole nitrogens is 1. The van der Waals surface area contributed by atoms with Crippen LogP contribution >= 0.6 is 11.3 Å². The van der Waals surface area contributed by atoms with Gasteiger partial charge in [0, 0.05) is 34.9 Å². The van der Waals surface area contributed by atoms with E-state index in [2.05, 4.69) is 20.5 Å². The highest BCUT2D eigenvalue weighted by Crippen LogP contribution is 2.24. The number of thiophene rings is 1. The van der Waals surface area contributed by atoms with Crippen molar-refractivity contribution >= 4 is 17.2 Å². The number of aromatic nitrogens is 3. The molecule has 0 saturated heterocycles. The number of rotatable bonds is 5. The zero-order valence-electron chi connectivity index (χ0n) is 14.1. The van der Waals surface area contributed by atoms with E-state index in [9.17, 15) is 9.18 Å². The normalized spacial score (nSPS) is 10.7. The fraction of sp³-hybridized carbons (Fsp3) is 0.0500. The quantitative estimate of drug-likeness (QED) is 0.545. The van der Waals surface area contributed by atoms with Crippen LogP contribution in [0.5, 0.6) is 0 Å². The van der Waals surface area contributed by atoms with Crippen LogP contribution in [0.3, 0.4) is 0 Å². The zero-order valence-corrected chi connectivity index (χ0v) is 15.0. The molecule has 0 unspecified atom stereocenters. The number of amides is 1. The number of nitrogens with one attached hydrogen (secondary N) is 2. The van der Waals surface area contributed by atoms with E-state index in [4.69, 9.17) is 0 Å². The number of carbonyl (C=O) groups is 1. The molecule has 0 radical (unpaired) electrons. The number of benzene rings is 1. The van der Waals surface area contributed by atoms with E-state index in [1.165, 1.54) is 12.1 Å². The van der Waals surface area contributed by atoms with Crippen LogP contribution in [-0.2, 0) is 6.54 Å². The zero-order chi connectivity index (χ0) is 18.6. The summed E-state index contributed by atoms with van der Waals surface area (Å²) in [6.07, 6.45) is 3.54. The molecule has 7 heteroatoms. The summed E-state index contributed by atoms with van der Waals surface area (Å²) in [6, 6.07) is 13.6. The Morgan fingerprint density at radius 3 is 2.74 bits per heavy atom. The molecule has 3 aromatic heterocycles. The van der Waals surface area contributed by atoms with Gasteiger partial charge in [-0.05, 0) is 53.4 Å². The minimum atomic E-state index is -0.314. The van der Waals surface area contributed by atoms with Gasteiger partial charge >= 0.3 is 0 Å². The summed E-state index contributed by atoms with van der Waals surface area (Å²) in [6.45, 7) is 0.357. The van der Waals surface area contributed by atoms with Crippen molar-refractivity contribution in [1.82, 2.24) is 20.5 Å². The van der Waals surface area contributed by atoms with Crippen LogP contribution in [0, 0.1) is 5.82 Å². The molecule has 0 bridgehead atoms. The van der Waals surface area contributed by atoms with Crippen LogP contribution in [0.25, 0.3) is 21.7 Å². The Bertz CT molecular complexity index is 1060. The molecular formula is C20H15FN4OS. The molecule has 0 aliphatic carbocycles. The molecule has 0 spiro atoms. The minimum Gasteiger partial charge on any atom is -0.347 e. The van der Waals surface area contributed by atoms with E-state index >= 15 is 0 Å². The molecule has 0 aliphatic heterocycles. The van der Waals surface area contributed by atoms with Crippen molar-refractivity contribution in [3.63, 3.8) is 0 Å². The predicted octanol–water partition coefficient (Wildman–Crippen LogP) is 4.27. The summed E-state index contributed by atoms with van der Waals surface area (Å²) in [5.41, 5.74) is 3.60. The van der Waals surface area contributed by atoms with Gasteiger partial charge in [-0.1, -0.05) is 6.07 Å². The van der Waals surface area contributed by atoms with Crippen LogP contribution in [0.1, 0.15) is 16.1 Å². The van der Waals surface area contributed by atoms with E-state index in [1.807, 2.05) is 23.6 Å². The standard InChI is InChI=1S/C20H15FN4OS/c21-16-5-3-14(4-6-16)17-9-18(25-24-17)20(26)23-11-13-8-15(12-22-10-13)19-2-1-7-27-19/h1-10,12H,11H2,(H,23,26)(H,24,25). The number of nitrogens with zero attached hydrogens (tertiary/aromatic N) is 2. The monoisotopic (exact) mass is 378 g/mol. The molecule has 5 nitrogen and oxygen atoms in total. The third kappa shape index (κ3) is 3.93. The SMILES string of the molecule is O=C(NCc1cncc(-c2cccs2)c1)c1cc(-c2ccc(F)cc2)n[nH]1. The first kappa shape index (κ1) is 17.1. The molecule has 4 rings (SSSR count). The smallest absolute Gasteiger partial charge is 0.269 e. The molecular weight excluding hydrogens is 363 g/mol. The topological polar surface area (TPSA) is 70.7 Å². The van der Waals surface area contributed by atoms with Gasteiger partial charge in [0.05, 0.1) is 5.69 Å². The van der Waals surface area contributed by atoms with E-state index in [0.29, 0.717) is 17.9 Å². The fourth-order valence-corrected chi connectivity index (χ4v) is 3.35. The summed E-state index contributed by atoms with van der Waals surface area (Å²) < 4.78 is 13.0. The third-order valence-electron chi connectivity index (χ3n) is 4.02.